The molecule has 0 heterocycles. The van der Waals surface area contributed by atoms with E-state index in [2.05, 4.69) is 42.9 Å². The second kappa shape index (κ2) is 5.96. The molecule has 0 unspecified atom stereocenters. The van der Waals surface area contributed by atoms with E-state index in [-0.39, 0.29) is 0 Å². The first-order valence-corrected chi connectivity index (χ1v) is 4.30. The van der Waals surface area contributed by atoms with Crippen molar-refractivity contribution in [2.75, 3.05) is 0 Å². The van der Waals surface area contributed by atoms with Crippen molar-refractivity contribution in [1.82, 2.24) is 0 Å². The molecule has 0 saturated heterocycles. The van der Waals surface area contributed by atoms with Gasteiger partial charge in [-0.2, -0.15) is 0 Å². The summed E-state index contributed by atoms with van der Waals surface area (Å²) in [4.78, 5) is 0. The molecule has 0 fully saturated rings. The Balaban J connectivity index is 2.36. The quantitative estimate of drug-likeness (QED) is 0.492. The minimum Gasteiger partial charge on any atom is -0.0845 e. The van der Waals surface area contributed by atoms with Crippen LogP contribution in [0.1, 0.15) is 25.7 Å². The third-order valence-corrected chi connectivity index (χ3v) is 1.68. The molecule has 0 aromatic carbocycles. The third kappa shape index (κ3) is 4.60. The summed E-state index contributed by atoms with van der Waals surface area (Å²) in [6.45, 7) is 0. The molecule has 0 spiro atoms. The van der Waals surface area contributed by atoms with E-state index in [0.717, 1.165) is 0 Å². The fraction of sp³-hybridized carbons (Fsp3) is 0.364. The van der Waals surface area contributed by atoms with Crippen molar-refractivity contribution in [3.63, 3.8) is 0 Å². The van der Waals surface area contributed by atoms with Gasteiger partial charge in [0, 0.05) is 0 Å². The normalized spacial score (nSPS) is 19.6. The molecule has 0 N–H and O–H groups in total. The SMILES string of the molecule is [CH]1CCC=CC=CC=CCC1. The predicted molar refractivity (Wildman–Crippen MR) is 50.2 cm³/mol. The molecular formula is C11H15. The number of rotatable bonds is 0. The van der Waals surface area contributed by atoms with Gasteiger partial charge in [-0.1, -0.05) is 36.5 Å². The fourth-order valence-corrected chi connectivity index (χ4v) is 1.05. The molecule has 1 radical (unpaired) electrons. The van der Waals surface area contributed by atoms with Crippen LogP contribution in [0, 0.1) is 6.42 Å². The average Bonchev–Trinajstić information content (AvgIpc) is 2.08. The van der Waals surface area contributed by atoms with Gasteiger partial charge in [0.15, 0.2) is 0 Å². The maximum atomic E-state index is 2.36. The van der Waals surface area contributed by atoms with Gasteiger partial charge < -0.3 is 0 Å². The molecule has 0 atom stereocenters. The summed E-state index contributed by atoms with van der Waals surface area (Å²) in [5.41, 5.74) is 0. The Morgan fingerprint density at radius 2 is 1.09 bits per heavy atom. The average molecular weight is 147 g/mol. The Kier molecular flexibility index (Phi) is 4.51. The summed E-state index contributed by atoms with van der Waals surface area (Å²) < 4.78 is 0. The molecule has 0 nitrogen and oxygen atoms in total. The zero-order valence-corrected chi connectivity index (χ0v) is 6.87. The van der Waals surface area contributed by atoms with Crippen LogP contribution in [0.2, 0.25) is 0 Å². The van der Waals surface area contributed by atoms with Gasteiger partial charge in [-0.3, -0.25) is 0 Å². The molecule has 0 aliphatic heterocycles. The Hall–Kier alpha value is -0.780. The van der Waals surface area contributed by atoms with E-state index in [1.165, 1.54) is 25.7 Å². The maximum absolute atomic E-state index is 2.36. The van der Waals surface area contributed by atoms with Gasteiger partial charge >= 0.3 is 0 Å². The first kappa shape index (κ1) is 8.32. The van der Waals surface area contributed by atoms with Gasteiger partial charge in [-0.15, -0.1) is 0 Å². The second-order valence-corrected chi connectivity index (χ2v) is 2.68. The topological polar surface area (TPSA) is 0 Å². The van der Waals surface area contributed by atoms with E-state index in [0.29, 0.717) is 0 Å². The van der Waals surface area contributed by atoms with Crippen molar-refractivity contribution in [2.45, 2.75) is 25.7 Å². The lowest BCUT2D eigenvalue weighted by Crippen LogP contribution is -1.75. The molecule has 1 aliphatic rings. The van der Waals surface area contributed by atoms with Gasteiger partial charge in [0.2, 0.25) is 0 Å². The van der Waals surface area contributed by atoms with Crippen LogP contribution in [0.3, 0.4) is 0 Å². The monoisotopic (exact) mass is 147 g/mol. The Bertz CT molecular complexity index is 143. The molecule has 0 saturated carbocycles. The highest BCUT2D eigenvalue weighted by molar-refractivity contribution is 5.11. The van der Waals surface area contributed by atoms with Crippen LogP contribution in [0.5, 0.6) is 0 Å². The standard InChI is InChI=1S/C11H15/c1-2-4-6-8-10-11-9-7-5-3-1/h1-6,11H,7-10H2. The molecule has 11 heavy (non-hydrogen) atoms. The van der Waals surface area contributed by atoms with E-state index in [1.54, 1.807) is 0 Å². The molecule has 0 bridgehead atoms. The summed E-state index contributed by atoms with van der Waals surface area (Å²) >= 11 is 0. The van der Waals surface area contributed by atoms with Gasteiger partial charge in [0.05, 0.1) is 0 Å². The number of allylic oxidation sites excluding steroid dienone is 6. The highest BCUT2D eigenvalue weighted by Gasteiger charge is 1.85. The summed E-state index contributed by atoms with van der Waals surface area (Å²) in [7, 11) is 0. The van der Waals surface area contributed by atoms with Gasteiger partial charge in [-0.05, 0) is 32.1 Å². The molecule has 1 rings (SSSR count). The molecule has 0 heteroatoms. The maximum Gasteiger partial charge on any atom is -0.0345 e. The summed E-state index contributed by atoms with van der Waals surface area (Å²) in [5, 5.41) is 0. The highest BCUT2D eigenvalue weighted by atomic mass is 13.9. The lowest BCUT2D eigenvalue weighted by Gasteiger charge is -1.92. The Morgan fingerprint density at radius 1 is 0.545 bits per heavy atom. The zero-order chi connectivity index (χ0) is 7.78. The first-order chi connectivity index (χ1) is 5.50. The van der Waals surface area contributed by atoms with Crippen molar-refractivity contribution >= 4 is 0 Å². The molecule has 0 aromatic rings. The Morgan fingerprint density at radius 3 is 1.64 bits per heavy atom. The van der Waals surface area contributed by atoms with Gasteiger partial charge in [0.25, 0.3) is 0 Å². The van der Waals surface area contributed by atoms with Crippen molar-refractivity contribution in [1.29, 1.82) is 0 Å². The largest absolute Gasteiger partial charge is 0.0845 e. The molecule has 0 aromatic heterocycles. The second-order valence-electron chi connectivity index (χ2n) is 2.68. The molecule has 0 amide bonds. The van der Waals surface area contributed by atoms with Crippen LogP contribution in [0.15, 0.2) is 36.5 Å². The summed E-state index contributed by atoms with van der Waals surface area (Å²) in [5.74, 6) is 0. The van der Waals surface area contributed by atoms with E-state index in [1.807, 2.05) is 0 Å². The number of hydrogen-bond donors (Lipinski definition) is 0. The van der Waals surface area contributed by atoms with Crippen LogP contribution in [0.25, 0.3) is 0 Å². The molecule has 59 valence electrons. The van der Waals surface area contributed by atoms with Crippen LogP contribution < -0.4 is 0 Å². The molecular weight excluding hydrogens is 132 g/mol. The Labute approximate surface area is 69.3 Å². The minimum absolute atomic E-state index is 1.18. The van der Waals surface area contributed by atoms with Gasteiger partial charge in [0.1, 0.15) is 0 Å². The van der Waals surface area contributed by atoms with Crippen molar-refractivity contribution in [2.24, 2.45) is 0 Å². The van der Waals surface area contributed by atoms with Gasteiger partial charge in [-0.25, -0.2) is 0 Å². The van der Waals surface area contributed by atoms with Crippen LogP contribution in [-0.4, -0.2) is 0 Å². The van der Waals surface area contributed by atoms with Crippen LogP contribution in [-0.2, 0) is 0 Å². The predicted octanol–water partition coefficient (Wildman–Crippen LogP) is 3.43. The van der Waals surface area contributed by atoms with E-state index < -0.39 is 0 Å². The van der Waals surface area contributed by atoms with Crippen molar-refractivity contribution < 1.29 is 0 Å². The third-order valence-electron chi connectivity index (χ3n) is 1.68. The first-order valence-electron chi connectivity index (χ1n) is 4.30. The highest BCUT2D eigenvalue weighted by Crippen LogP contribution is 2.04. The lowest BCUT2D eigenvalue weighted by molar-refractivity contribution is 0.857. The van der Waals surface area contributed by atoms with E-state index >= 15 is 0 Å². The van der Waals surface area contributed by atoms with E-state index in [9.17, 15) is 0 Å². The summed E-state index contributed by atoms with van der Waals surface area (Å²) in [6, 6.07) is 0. The lowest BCUT2D eigenvalue weighted by atomic mass is 10.1. The fourth-order valence-electron chi connectivity index (χ4n) is 1.05. The van der Waals surface area contributed by atoms with Crippen LogP contribution in [0.4, 0.5) is 0 Å². The van der Waals surface area contributed by atoms with Crippen molar-refractivity contribution in [3.8, 4) is 0 Å². The van der Waals surface area contributed by atoms with E-state index in [4.69, 9.17) is 0 Å². The number of hydrogen-bond acceptors (Lipinski definition) is 0. The molecule has 1 aliphatic carbocycles. The van der Waals surface area contributed by atoms with Crippen LogP contribution >= 0.6 is 0 Å². The minimum atomic E-state index is 1.18. The smallest absolute Gasteiger partial charge is 0.0345 e. The zero-order valence-electron chi connectivity index (χ0n) is 6.87. The summed E-state index contributed by atoms with van der Waals surface area (Å²) in [6.07, 6.45) is 20.0. The van der Waals surface area contributed by atoms with Crippen molar-refractivity contribution in [3.05, 3.63) is 42.9 Å².